The molecule has 9 nitrogen and oxygen atoms in total. The minimum absolute atomic E-state index is 0.0927. The predicted molar refractivity (Wildman–Crippen MR) is 125 cm³/mol. The average molecular weight is 463 g/mol. The van der Waals surface area contributed by atoms with Crippen LogP contribution in [0.25, 0.3) is 6.08 Å². The van der Waals surface area contributed by atoms with E-state index in [-0.39, 0.29) is 11.4 Å². The summed E-state index contributed by atoms with van der Waals surface area (Å²) < 4.78 is 27.1. The van der Waals surface area contributed by atoms with Crippen molar-refractivity contribution in [2.75, 3.05) is 32.8 Å². The maximum absolute atomic E-state index is 12.4. The number of nitrogens with zero attached hydrogens (tertiary/aromatic N) is 2. The number of anilines is 1. The maximum atomic E-state index is 12.4. The predicted octanol–water partition coefficient (Wildman–Crippen LogP) is 4.39. The van der Waals surface area contributed by atoms with E-state index in [0.717, 1.165) is 0 Å². The molecule has 176 valence electrons. The van der Waals surface area contributed by atoms with Crippen molar-refractivity contribution in [3.63, 3.8) is 0 Å². The number of ether oxygens (including phenoxy) is 4. The van der Waals surface area contributed by atoms with Gasteiger partial charge in [-0.05, 0) is 42.8 Å². The number of methoxy groups -OCH3 is 2. The molecule has 0 radical (unpaired) electrons. The van der Waals surface area contributed by atoms with Gasteiger partial charge < -0.3 is 28.8 Å². The summed E-state index contributed by atoms with van der Waals surface area (Å²) in [5.41, 5.74) is 0.511. The zero-order chi connectivity index (χ0) is 24.3. The second-order valence-corrected chi connectivity index (χ2v) is 7.06. The molecule has 0 saturated heterocycles. The van der Waals surface area contributed by atoms with Crippen molar-refractivity contribution >= 4 is 17.8 Å². The van der Waals surface area contributed by atoms with Gasteiger partial charge in [-0.2, -0.15) is 5.26 Å². The van der Waals surface area contributed by atoms with E-state index < -0.39 is 5.91 Å². The average Bonchev–Trinajstić information content (AvgIpc) is 3.27. The molecule has 0 aliphatic carbocycles. The Balaban J connectivity index is 1.57. The van der Waals surface area contributed by atoms with Crippen LogP contribution in [0.4, 0.5) is 5.82 Å². The van der Waals surface area contributed by atoms with Gasteiger partial charge in [0.05, 0.1) is 27.4 Å². The molecule has 1 heterocycles. The van der Waals surface area contributed by atoms with Crippen molar-refractivity contribution in [2.45, 2.75) is 13.3 Å². The van der Waals surface area contributed by atoms with Crippen molar-refractivity contribution < 1.29 is 28.3 Å². The molecular weight excluding hydrogens is 438 g/mol. The van der Waals surface area contributed by atoms with E-state index in [1.54, 1.807) is 38.3 Å². The fraction of sp³-hybridized carbons (Fsp3) is 0.240. The fourth-order valence-electron chi connectivity index (χ4n) is 2.98. The minimum Gasteiger partial charge on any atom is -0.493 e. The summed E-state index contributed by atoms with van der Waals surface area (Å²) in [5, 5.41) is 15.6. The van der Waals surface area contributed by atoms with Gasteiger partial charge in [-0.3, -0.25) is 4.79 Å². The number of nitriles is 1. The van der Waals surface area contributed by atoms with E-state index in [0.29, 0.717) is 54.0 Å². The van der Waals surface area contributed by atoms with Gasteiger partial charge in [0.25, 0.3) is 5.91 Å². The lowest BCUT2D eigenvalue weighted by molar-refractivity contribution is -0.112. The molecule has 0 aliphatic heterocycles. The van der Waals surface area contributed by atoms with Crippen LogP contribution in [-0.4, -0.2) is 38.5 Å². The van der Waals surface area contributed by atoms with Gasteiger partial charge in [0.1, 0.15) is 17.4 Å². The van der Waals surface area contributed by atoms with Crippen molar-refractivity contribution in [3.8, 4) is 29.1 Å². The van der Waals surface area contributed by atoms with Crippen LogP contribution < -0.4 is 24.3 Å². The number of aryl methyl sites for hydroxylation is 1. The highest BCUT2D eigenvalue weighted by molar-refractivity contribution is 6.09. The SMILES string of the molecule is COc1ccccc1OCCCOc1ccc(/C=C(/C#N)C(=O)Nc2cc(C)on2)cc1OC. The van der Waals surface area contributed by atoms with E-state index in [2.05, 4.69) is 10.5 Å². The molecule has 0 saturated carbocycles. The summed E-state index contributed by atoms with van der Waals surface area (Å²) in [6.07, 6.45) is 2.10. The number of carbonyl (C=O) groups is 1. The van der Waals surface area contributed by atoms with Crippen molar-refractivity contribution in [1.29, 1.82) is 5.26 Å². The molecule has 0 atom stereocenters. The number of aromatic nitrogens is 1. The summed E-state index contributed by atoms with van der Waals surface area (Å²) in [7, 11) is 3.12. The summed E-state index contributed by atoms with van der Waals surface area (Å²) in [6.45, 7) is 2.56. The van der Waals surface area contributed by atoms with E-state index in [1.165, 1.54) is 13.2 Å². The quantitative estimate of drug-likeness (QED) is 0.253. The Morgan fingerprint density at radius 3 is 2.32 bits per heavy atom. The van der Waals surface area contributed by atoms with Crippen LogP contribution in [0.2, 0.25) is 0 Å². The third-order valence-corrected chi connectivity index (χ3v) is 4.61. The molecule has 1 aromatic heterocycles. The molecule has 1 amide bonds. The molecule has 0 fully saturated rings. The summed E-state index contributed by atoms with van der Waals surface area (Å²) >= 11 is 0. The summed E-state index contributed by atoms with van der Waals surface area (Å²) in [4.78, 5) is 12.4. The van der Waals surface area contributed by atoms with Crippen LogP contribution in [0.5, 0.6) is 23.0 Å². The van der Waals surface area contributed by atoms with E-state index >= 15 is 0 Å². The molecule has 3 aromatic rings. The first-order valence-electron chi connectivity index (χ1n) is 10.5. The molecule has 0 unspecified atom stereocenters. The number of rotatable bonds is 11. The Morgan fingerprint density at radius 1 is 1.03 bits per heavy atom. The number of para-hydroxylation sites is 2. The van der Waals surface area contributed by atoms with E-state index in [9.17, 15) is 10.1 Å². The van der Waals surface area contributed by atoms with E-state index in [1.807, 2.05) is 30.3 Å². The summed E-state index contributed by atoms with van der Waals surface area (Å²) in [5.74, 6) is 2.56. The first-order valence-corrected chi connectivity index (χ1v) is 10.5. The number of hydrogen-bond acceptors (Lipinski definition) is 8. The highest BCUT2D eigenvalue weighted by atomic mass is 16.5. The minimum atomic E-state index is -0.592. The zero-order valence-electron chi connectivity index (χ0n) is 19.2. The van der Waals surface area contributed by atoms with Crippen LogP contribution in [0.15, 0.2) is 58.6 Å². The Hall–Kier alpha value is -4.45. The molecule has 1 N–H and O–H groups in total. The Labute approximate surface area is 197 Å². The van der Waals surface area contributed by atoms with Gasteiger partial charge in [0.15, 0.2) is 28.8 Å². The van der Waals surface area contributed by atoms with Crippen LogP contribution in [0.3, 0.4) is 0 Å². The molecule has 0 spiro atoms. The van der Waals surface area contributed by atoms with Gasteiger partial charge in [0.2, 0.25) is 0 Å². The molecule has 3 rings (SSSR count). The van der Waals surface area contributed by atoms with Gasteiger partial charge in [-0.15, -0.1) is 0 Å². The third kappa shape index (κ3) is 6.53. The second-order valence-electron chi connectivity index (χ2n) is 7.06. The van der Waals surface area contributed by atoms with Gasteiger partial charge in [0, 0.05) is 12.5 Å². The largest absolute Gasteiger partial charge is 0.493 e. The molecular formula is C25H25N3O6. The van der Waals surface area contributed by atoms with Crippen LogP contribution in [-0.2, 0) is 4.79 Å². The zero-order valence-corrected chi connectivity index (χ0v) is 19.2. The van der Waals surface area contributed by atoms with Crippen molar-refractivity contribution in [1.82, 2.24) is 5.16 Å². The Kier molecular flexibility index (Phi) is 8.52. The second kappa shape index (κ2) is 12.0. The Morgan fingerprint density at radius 2 is 1.71 bits per heavy atom. The highest BCUT2D eigenvalue weighted by Crippen LogP contribution is 2.29. The number of benzene rings is 2. The lowest BCUT2D eigenvalue weighted by Gasteiger charge is -2.13. The fourth-order valence-corrected chi connectivity index (χ4v) is 2.98. The van der Waals surface area contributed by atoms with Crippen LogP contribution in [0, 0.1) is 18.3 Å². The van der Waals surface area contributed by atoms with Crippen molar-refractivity contribution in [2.24, 2.45) is 0 Å². The van der Waals surface area contributed by atoms with Gasteiger partial charge >= 0.3 is 0 Å². The molecule has 2 aromatic carbocycles. The first-order chi connectivity index (χ1) is 16.5. The number of carbonyl (C=O) groups excluding carboxylic acids is 1. The first kappa shape index (κ1) is 24.2. The molecule has 0 bridgehead atoms. The lowest BCUT2D eigenvalue weighted by Crippen LogP contribution is -2.13. The van der Waals surface area contributed by atoms with Crippen LogP contribution in [0.1, 0.15) is 17.7 Å². The number of amides is 1. The third-order valence-electron chi connectivity index (χ3n) is 4.61. The maximum Gasteiger partial charge on any atom is 0.267 e. The van der Waals surface area contributed by atoms with Crippen LogP contribution >= 0.6 is 0 Å². The highest BCUT2D eigenvalue weighted by Gasteiger charge is 2.13. The number of nitrogens with one attached hydrogen (secondary N) is 1. The van der Waals surface area contributed by atoms with Gasteiger partial charge in [-0.1, -0.05) is 23.4 Å². The number of hydrogen-bond donors (Lipinski definition) is 1. The smallest absolute Gasteiger partial charge is 0.267 e. The standard InChI is InChI=1S/C25H25N3O6/c1-17-13-24(28-34-17)27-25(29)19(16-26)14-18-9-10-22(23(15-18)31-3)33-12-6-11-32-21-8-5-4-7-20(21)30-2/h4-5,7-10,13-15H,6,11-12H2,1-3H3,(H,27,28,29)/b19-14-. The molecule has 0 aliphatic rings. The molecule has 9 heteroatoms. The normalized spacial score (nSPS) is 10.8. The molecule has 34 heavy (non-hydrogen) atoms. The van der Waals surface area contributed by atoms with E-state index in [4.69, 9.17) is 23.5 Å². The Bertz CT molecular complexity index is 1200. The summed E-state index contributed by atoms with van der Waals surface area (Å²) in [6, 6.07) is 16.0. The topological polar surface area (TPSA) is 116 Å². The lowest BCUT2D eigenvalue weighted by atomic mass is 10.1. The van der Waals surface area contributed by atoms with Crippen molar-refractivity contribution in [3.05, 3.63) is 65.4 Å². The monoisotopic (exact) mass is 463 g/mol. The van der Waals surface area contributed by atoms with Gasteiger partial charge in [-0.25, -0.2) is 0 Å².